The molecule has 0 saturated carbocycles. The molecule has 0 aromatic heterocycles. The van der Waals surface area contributed by atoms with Gasteiger partial charge in [-0.3, -0.25) is 0 Å². The molecule has 0 aromatic carbocycles. The van der Waals surface area contributed by atoms with E-state index in [-0.39, 0.29) is 0 Å². The third kappa shape index (κ3) is 8.23. The summed E-state index contributed by atoms with van der Waals surface area (Å²) in [5, 5.41) is 9.22. The van der Waals surface area contributed by atoms with Gasteiger partial charge in [0.05, 0.1) is 0 Å². The third-order valence-electron chi connectivity index (χ3n) is 1.91. The monoisotopic (exact) mass is 203 g/mol. The molecule has 0 bridgehead atoms. The molecule has 0 saturated heterocycles. The van der Waals surface area contributed by atoms with Gasteiger partial charge in [0.25, 0.3) is 0 Å². The van der Waals surface area contributed by atoms with Gasteiger partial charge in [0, 0.05) is 19.6 Å². The second-order valence-electron chi connectivity index (χ2n) is 3.07. The minimum absolute atomic E-state index is 0.303. The number of methoxy groups -OCH3 is 1. The van der Waals surface area contributed by atoms with Gasteiger partial charge in [-0.15, -0.1) is 6.58 Å². The normalized spacial score (nSPS) is 14.2. The van der Waals surface area contributed by atoms with Crippen LogP contribution < -0.4 is 0 Å². The van der Waals surface area contributed by atoms with E-state index in [1.165, 1.54) is 7.11 Å². The molecule has 0 rings (SSSR count). The van der Waals surface area contributed by atoms with Crippen molar-refractivity contribution in [1.82, 2.24) is 4.90 Å². The maximum absolute atomic E-state index is 9.22. The maximum Gasteiger partial charge on any atom is 0.155 e. The number of aliphatic hydroxyl groups excluding tert-OH is 1. The Morgan fingerprint density at radius 1 is 1.43 bits per heavy atom. The van der Waals surface area contributed by atoms with Crippen LogP contribution in [0.2, 0.25) is 0 Å². The van der Waals surface area contributed by atoms with E-state index in [2.05, 4.69) is 11.5 Å². The second-order valence-corrected chi connectivity index (χ2v) is 3.07. The van der Waals surface area contributed by atoms with Crippen LogP contribution in [0.3, 0.4) is 0 Å². The lowest BCUT2D eigenvalue weighted by molar-refractivity contribution is -0.0887. The summed E-state index contributed by atoms with van der Waals surface area (Å²) in [6, 6.07) is 0.303. The largest absolute Gasteiger partial charge is 0.368 e. The van der Waals surface area contributed by atoms with E-state index in [4.69, 9.17) is 4.74 Å². The fraction of sp³-hybridized carbons (Fsp3) is 0.818. The highest BCUT2D eigenvalue weighted by atomic mass is 16.6. The van der Waals surface area contributed by atoms with E-state index in [1.807, 2.05) is 34.0 Å². The Morgan fingerprint density at radius 3 is 2.21 bits per heavy atom. The van der Waals surface area contributed by atoms with E-state index in [0.29, 0.717) is 12.5 Å². The zero-order chi connectivity index (χ0) is 11.6. The lowest BCUT2D eigenvalue weighted by Crippen LogP contribution is -2.31. The predicted octanol–water partition coefficient (Wildman–Crippen LogP) is 1.87. The molecule has 86 valence electrons. The summed E-state index contributed by atoms with van der Waals surface area (Å²) < 4.78 is 4.77. The first kappa shape index (κ1) is 16.1. The summed E-state index contributed by atoms with van der Waals surface area (Å²) in [5.74, 6) is 0. The average molecular weight is 203 g/mol. The SMILES string of the molecule is C=CCC(CC(O)OC)N(C)C.CC. The van der Waals surface area contributed by atoms with Gasteiger partial charge in [0.15, 0.2) is 6.29 Å². The molecule has 0 spiro atoms. The predicted molar refractivity (Wildman–Crippen MR) is 61.3 cm³/mol. The molecule has 1 N–H and O–H groups in total. The highest BCUT2D eigenvalue weighted by Crippen LogP contribution is 2.08. The van der Waals surface area contributed by atoms with Gasteiger partial charge in [-0.2, -0.15) is 0 Å². The van der Waals surface area contributed by atoms with Gasteiger partial charge in [0.1, 0.15) is 0 Å². The van der Waals surface area contributed by atoms with Crippen molar-refractivity contribution in [2.75, 3.05) is 21.2 Å². The molecule has 0 aliphatic rings. The molecule has 0 heterocycles. The van der Waals surface area contributed by atoms with Crippen molar-refractivity contribution < 1.29 is 9.84 Å². The van der Waals surface area contributed by atoms with E-state index in [0.717, 1.165) is 6.42 Å². The average Bonchev–Trinajstić information content (AvgIpc) is 2.19. The Labute approximate surface area is 88.4 Å². The van der Waals surface area contributed by atoms with E-state index < -0.39 is 6.29 Å². The number of hydrogen-bond donors (Lipinski definition) is 1. The summed E-state index contributed by atoms with van der Waals surface area (Å²) >= 11 is 0. The van der Waals surface area contributed by atoms with E-state index in [9.17, 15) is 5.11 Å². The van der Waals surface area contributed by atoms with Crippen molar-refractivity contribution in [3.8, 4) is 0 Å². The molecule has 0 aromatic rings. The first-order valence-corrected chi connectivity index (χ1v) is 5.10. The van der Waals surface area contributed by atoms with Crippen LogP contribution in [0.15, 0.2) is 12.7 Å². The zero-order valence-corrected chi connectivity index (χ0v) is 10.2. The van der Waals surface area contributed by atoms with Gasteiger partial charge in [-0.25, -0.2) is 0 Å². The van der Waals surface area contributed by atoms with Gasteiger partial charge in [-0.1, -0.05) is 19.9 Å². The molecule has 0 amide bonds. The Hall–Kier alpha value is -0.380. The highest BCUT2D eigenvalue weighted by Gasteiger charge is 2.14. The number of hydrogen-bond acceptors (Lipinski definition) is 3. The Morgan fingerprint density at radius 2 is 1.93 bits per heavy atom. The van der Waals surface area contributed by atoms with Crippen LogP contribution in [0, 0.1) is 0 Å². The van der Waals surface area contributed by atoms with Crippen LogP contribution in [-0.4, -0.2) is 43.5 Å². The van der Waals surface area contributed by atoms with Crippen molar-refractivity contribution in [3.63, 3.8) is 0 Å². The fourth-order valence-corrected chi connectivity index (χ4v) is 1.04. The first-order valence-electron chi connectivity index (χ1n) is 5.10. The molecule has 2 unspecified atom stereocenters. The number of ether oxygens (including phenoxy) is 1. The van der Waals surface area contributed by atoms with Crippen LogP contribution in [0.4, 0.5) is 0 Å². The molecule has 0 aliphatic carbocycles. The Kier molecular flexibility index (Phi) is 12.3. The molecule has 14 heavy (non-hydrogen) atoms. The number of aliphatic hydroxyl groups is 1. The molecule has 0 fully saturated rings. The molecule has 0 aliphatic heterocycles. The summed E-state index contributed by atoms with van der Waals surface area (Å²) in [4.78, 5) is 2.06. The quantitative estimate of drug-likeness (QED) is 0.528. The molecule has 2 atom stereocenters. The standard InChI is InChI=1S/C9H19NO2.C2H6/c1-5-6-8(10(2)3)7-9(11)12-4;1-2/h5,8-9,11H,1,6-7H2,2-4H3;1-2H3. The summed E-state index contributed by atoms with van der Waals surface area (Å²) in [6.45, 7) is 7.67. The maximum atomic E-state index is 9.22. The topological polar surface area (TPSA) is 32.7 Å². The lowest BCUT2D eigenvalue weighted by Gasteiger charge is -2.24. The van der Waals surface area contributed by atoms with Crippen LogP contribution in [0.1, 0.15) is 26.7 Å². The number of rotatable bonds is 6. The van der Waals surface area contributed by atoms with Gasteiger partial charge in [0.2, 0.25) is 0 Å². The smallest absolute Gasteiger partial charge is 0.155 e. The summed E-state index contributed by atoms with van der Waals surface area (Å²) in [5.41, 5.74) is 0. The second kappa shape index (κ2) is 10.7. The highest BCUT2D eigenvalue weighted by molar-refractivity contribution is 4.78. The molecule has 3 nitrogen and oxygen atoms in total. The van der Waals surface area contributed by atoms with Gasteiger partial charge in [-0.05, 0) is 20.5 Å². The fourth-order valence-electron chi connectivity index (χ4n) is 1.04. The van der Waals surface area contributed by atoms with E-state index in [1.54, 1.807) is 0 Å². The van der Waals surface area contributed by atoms with Crippen molar-refractivity contribution in [1.29, 1.82) is 0 Å². The molecule has 3 heteroatoms. The molecular weight excluding hydrogens is 178 g/mol. The minimum atomic E-state index is -0.669. The summed E-state index contributed by atoms with van der Waals surface area (Å²) in [7, 11) is 5.47. The zero-order valence-electron chi connectivity index (χ0n) is 10.2. The van der Waals surface area contributed by atoms with Crippen molar-refractivity contribution >= 4 is 0 Å². The van der Waals surface area contributed by atoms with Crippen molar-refractivity contribution in [2.45, 2.75) is 39.0 Å². The van der Waals surface area contributed by atoms with E-state index >= 15 is 0 Å². The molecular formula is C11H25NO2. The number of nitrogens with zero attached hydrogens (tertiary/aromatic N) is 1. The van der Waals surface area contributed by atoms with Crippen LogP contribution in [-0.2, 0) is 4.74 Å². The minimum Gasteiger partial charge on any atom is -0.368 e. The van der Waals surface area contributed by atoms with Crippen LogP contribution in [0.5, 0.6) is 0 Å². The first-order chi connectivity index (χ1) is 6.61. The van der Waals surface area contributed by atoms with Crippen LogP contribution >= 0.6 is 0 Å². The Balaban J connectivity index is 0. The van der Waals surface area contributed by atoms with Crippen LogP contribution in [0.25, 0.3) is 0 Å². The van der Waals surface area contributed by atoms with Gasteiger partial charge >= 0.3 is 0 Å². The van der Waals surface area contributed by atoms with Gasteiger partial charge < -0.3 is 14.7 Å². The molecule has 0 radical (unpaired) electrons. The third-order valence-corrected chi connectivity index (χ3v) is 1.91. The lowest BCUT2D eigenvalue weighted by atomic mass is 10.1. The van der Waals surface area contributed by atoms with Crippen molar-refractivity contribution in [2.24, 2.45) is 0 Å². The van der Waals surface area contributed by atoms with Crippen molar-refractivity contribution in [3.05, 3.63) is 12.7 Å². The Bertz CT molecular complexity index is 126. The summed E-state index contributed by atoms with van der Waals surface area (Å²) in [6.07, 6.45) is 2.67.